The fourth-order valence-corrected chi connectivity index (χ4v) is 6.94. The molecule has 1 saturated carbocycles. The molecule has 1 aromatic heterocycles. The molecule has 1 saturated heterocycles. The predicted octanol–water partition coefficient (Wildman–Crippen LogP) is 7.17. The summed E-state index contributed by atoms with van der Waals surface area (Å²) in [4.78, 5) is 48.8. The van der Waals surface area contributed by atoms with Crippen LogP contribution in [0.5, 0.6) is 5.75 Å². The van der Waals surface area contributed by atoms with Gasteiger partial charge in [-0.2, -0.15) is 0 Å². The zero-order valence-corrected chi connectivity index (χ0v) is 29.0. The predicted molar refractivity (Wildman–Crippen MR) is 193 cm³/mol. The van der Waals surface area contributed by atoms with Gasteiger partial charge in [-0.25, -0.2) is 9.97 Å². The molecule has 2 aliphatic rings. The van der Waals surface area contributed by atoms with Gasteiger partial charge in [-0.15, -0.1) is 0 Å². The van der Waals surface area contributed by atoms with Crippen molar-refractivity contribution in [2.75, 3.05) is 13.1 Å². The van der Waals surface area contributed by atoms with Crippen LogP contribution in [0.4, 0.5) is 0 Å². The molecule has 50 heavy (non-hydrogen) atoms. The lowest BCUT2D eigenvalue weighted by molar-refractivity contribution is -0.153. The number of hydrogen-bond acceptors (Lipinski definition) is 6. The van der Waals surface area contributed by atoms with Crippen LogP contribution in [0, 0.1) is 11.8 Å². The Labute approximate surface area is 294 Å². The molecule has 2 fully saturated rings. The van der Waals surface area contributed by atoms with Crippen LogP contribution in [-0.2, 0) is 16.0 Å². The minimum Gasteiger partial charge on any atom is -0.491 e. The molecular formula is C41H46N4O5. The molecule has 260 valence electrons. The van der Waals surface area contributed by atoms with Crippen LogP contribution >= 0.6 is 0 Å². The lowest BCUT2D eigenvalue weighted by Crippen LogP contribution is -2.59. The third-order valence-corrected chi connectivity index (χ3v) is 10.1. The number of hydrogen-bond donors (Lipinski definition) is 2. The number of likely N-dealkylation sites (tertiary alicyclic amines) is 1. The highest BCUT2D eigenvalue weighted by atomic mass is 16.5. The van der Waals surface area contributed by atoms with E-state index in [9.17, 15) is 19.5 Å². The number of carbonyl (C=O) groups is 3. The van der Waals surface area contributed by atoms with E-state index in [4.69, 9.17) is 4.74 Å². The summed E-state index contributed by atoms with van der Waals surface area (Å²) in [6.45, 7) is 6.40. The average Bonchev–Trinajstić information content (AvgIpc) is 3.11. The summed E-state index contributed by atoms with van der Waals surface area (Å²) in [6, 6.07) is 22.4. The molecule has 9 heteroatoms. The lowest BCUT2D eigenvalue weighted by Gasteiger charge is -2.39. The van der Waals surface area contributed by atoms with Crippen LogP contribution in [0.25, 0.3) is 22.5 Å². The molecule has 6 rings (SSSR count). The molecule has 2 heterocycles. The molecule has 1 atom stereocenters. The number of amides is 2. The molecule has 0 bridgehead atoms. The van der Waals surface area contributed by atoms with Gasteiger partial charge in [0.1, 0.15) is 11.8 Å². The first-order valence-corrected chi connectivity index (χ1v) is 17.8. The van der Waals surface area contributed by atoms with E-state index < -0.39 is 23.8 Å². The Bertz CT molecular complexity index is 1760. The lowest BCUT2D eigenvalue weighted by atomic mass is 9.78. The molecule has 2 amide bonds. The van der Waals surface area contributed by atoms with Gasteiger partial charge >= 0.3 is 5.97 Å². The van der Waals surface area contributed by atoms with E-state index in [0.29, 0.717) is 23.1 Å². The van der Waals surface area contributed by atoms with Gasteiger partial charge in [-0.05, 0) is 92.3 Å². The summed E-state index contributed by atoms with van der Waals surface area (Å²) < 4.78 is 5.68. The number of carbonyl (C=O) groups excluding carboxylic acids is 2. The molecule has 4 aromatic rings. The van der Waals surface area contributed by atoms with Crippen molar-refractivity contribution in [2.24, 2.45) is 11.8 Å². The van der Waals surface area contributed by atoms with Gasteiger partial charge in [0.05, 0.1) is 12.0 Å². The van der Waals surface area contributed by atoms with Gasteiger partial charge in [0.25, 0.3) is 5.91 Å². The Morgan fingerprint density at radius 1 is 0.840 bits per heavy atom. The maximum Gasteiger partial charge on any atom is 0.310 e. The largest absolute Gasteiger partial charge is 0.491 e. The second-order valence-electron chi connectivity index (χ2n) is 13.9. The molecule has 2 N–H and O–H groups in total. The van der Waals surface area contributed by atoms with E-state index in [0.717, 1.165) is 28.2 Å². The van der Waals surface area contributed by atoms with E-state index in [1.807, 2.05) is 50.5 Å². The Morgan fingerprint density at radius 3 is 2.04 bits per heavy atom. The van der Waals surface area contributed by atoms with Crippen molar-refractivity contribution < 1.29 is 24.2 Å². The van der Waals surface area contributed by atoms with Crippen LogP contribution in [-0.4, -0.2) is 63.0 Å². The molecule has 0 unspecified atom stereocenters. The van der Waals surface area contributed by atoms with Crippen LogP contribution in [0.2, 0.25) is 0 Å². The highest BCUT2D eigenvalue weighted by molar-refractivity contribution is 5.98. The summed E-state index contributed by atoms with van der Waals surface area (Å²) in [7, 11) is 0. The molecule has 1 aliphatic heterocycles. The highest BCUT2D eigenvalue weighted by Crippen LogP contribution is 2.37. The number of aliphatic carboxylic acids is 1. The third kappa shape index (κ3) is 8.38. The average molecular weight is 675 g/mol. The van der Waals surface area contributed by atoms with Crippen LogP contribution in [0.3, 0.4) is 0 Å². The van der Waals surface area contributed by atoms with Crippen molar-refractivity contribution in [3.63, 3.8) is 0 Å². The zero-order chi connectivity index (χ0) is 35.2. The van der Waals surface area contributed by atoms with E-state index in [2.05, 4.69) is 46.5 Å². The number of aromatic nitrogens is 2. The van der Waals surface area contributed by atoms with Crippen LogP contribution in [0.1, 0.15) is 80.3 Å². The van der Waals surface area contributed by atoms with E-state index in [-0.39, 0.29) is 31.5 Å². The number of benzene rings is 3. The second-order valence-corrected chi connectivity index (χ2v) is 13.9. The Kier molecular flexibility index (Phi) is 10.9. The van der Waals surface area contributed by atoms with Crippen LogP contribution in [0.15, 0.2) is 85.2 Å². The summed E-state index contributed by atoms with van der Waals surface area (Å²) in [6.07, 6.45) is 10.4. The third-order valence-electron chi connectivity index (χ3n) is 10.1. The van der Waals surface area contributed by atoms with Gasteiger partial charge in [-0.1, -0.05) is 61.9 Å². The number of ether oxygens (including phenoxy) is 1. The quantitative estimate of drug-likeness (QED) is 0.164. The van der Waals surface area contributed by atoms with Crippen molar-refractivity contribution in [2.45, 2.75) is 77.4 Å². The maximum atomic E-state index is 13.5. The standard InChI is InChI=1S/C41H46N4O5/c1-4-27-5-9-29(10-6-27)30-13-15-31(16-14-30)34-22-42-38(43-23-34)32-11-7-28(8-12-32)21-37(40(47)45-24-35(25-45)41(48)49)44-39(46)33-17-19-36(20-18-33)50-26(2)3/h7-8,11-20,22-23,26-27,29,35,37H,4-6,9-10,21,24-25H2,1-3H3,(H,44,46)(H,48,49)/t27?,29?,37-/m0/s1. The van der Waals surface area contributed by atoms with E-state index >= 15 is 0 Å². The van der Waals surface area contributed by atoms with Crippen LogP contribution < -0.4 is 10.1 Å². The van der Waals surface area contributed by atoms with Gasteiger partial charge in [0.15, 0.2) is 5.82 Å². The van der Waals surface area contributed by atoms with E-state index in [1.54, 1.807) is 24.3 Å². The van der Waals surface area contributed by atoms with Crippen molar-refractivity contribution >= 4 is 17.8 Å². The summed E-state index contributed by atoms with van der Waals surface area (Å²) >= 11 is 0. The number of carboxylic acids is 1. The number of nitrogens with zero attached hydrogens (tertiary/aromatic N) is 3. The smallest absolute Gasteiger partial charge is 0.310 e. The fraction of sp³-hybridized carbons (Fsp3) is 0.390. The van der Waals surface area contributed by atoms with Gasteiger partial charge in [-0.3, -0.25) is 14.4 Å². The highest BCUT2D eigenvalue weighted by Gasteiger charge is 2.38. The first kappa shape index (κ1) is 34.8. The Hall–Kier alpha value is -5.05. The molecular weight excluding hydrogens is 628 g/mol. The maximum absolute atomic E-state index is 13.5. The summed E-state index contributed by atoms with van der Waals surface area (Å²) in [5, 5.41) is 12.2. The molecule has 1 aliphatic carbocycles. The Morgan fingerprint density at radius 2 is 1.46 bits per heavy atom. The first-order chi connectivity index (χ1) is 24.2. The minimum absolute atomic E-state index is 0.00260. The molecule has 0 spiro atoms. The van der Waals surface area contributed by atoms with Gasteiger partial charge in [0.2, 0.25) is 5.91 Å². The Balaban J connectivity index is 1.10. The minimum atomic E-state index is -0.929. The second kappa shape index (κ2) is 15.7. The number of nitrogens with one attached hydrogen (secondary N) is 1. The fourth-order valence-electron chi connectivity index (χ4n) is 6.94. The van der Waals surface area contributed by atoms with Crippen molar-refractivity contribution in [1.82, 2.24) is 20.2 Å². The summed E-state index contributed by atoms with van der Waals surface area (Å²) in [5.41, 5.74) is 5.54. The van der Waals surface area contributed by atoms with Crippen molar-refractivity contribution in [1.29, 1.82) is 0 Å². The normalized spacial score (nSPS) is 18.3. The van der Waals surface area contributed by atoms with Gasteiger partial charge < -0.3 is 20.1 Å². The van der Waals surface area contributed by atoms with E-state index in [1.165, 1.54) is 42.6 Å². The number of carboxylic acid groups (broad SMARTS) is 1. The summed E-state index contributed by atoms with van der Waals surface area (Å²) in [5.74, 6) is 0.555. The first-order valence-electron chi connectivity index (χ1n) is 17.8. The zero-order valence-electron chi connectivity index (χ0n) is 29.0. The van der Waals surface area contributed by atoms with Crippen molar-refractivity contribution in [3.05, 3.63) is 102 Å². The molecule has 0 radical (unpaired) electrons. The SMILES string of the molecule is CCC1CCC(c2ccc(-c3cnc(-c4ccc(C[C@H](NC(=O)c5ccc(OC(C)C)cc5)C(=O)N5CC(C(=O)O)C5)cc4)nc3)cc2)CC1. The molecule has 9 nitrogen and oxygen atoms in total. The van der Waals surface area contributed by atoms with Crippen molar-refractivity contribution in [3.8, 4) is 28.3 Å². The molecule has 3 aromatic carbocycles. The topological polar surface area (TPSA) is 122 Å². The van der Waals surface area contributed by atoms with Gasteiger partial charge in [0, 0.05) is 48.6 Å². The monoisotopic (exact) mass is 674 g/mol. The number of rotatable bonds is 12.